The SMILES string of the molecule is NC(=O)c1ccc(F)cc1CCCl. The first-order valence-corrected chi connectivity index (χ1v) is 4.33. The zero-order valence-electron chi connectivity index (χ0n) is 6.89. The van der Waals surface area contributed by atoms with Gasteiger partial charge in [-0.2, -0.15) is 0 Å². The highest BCUT2D eigenvalue weighted by atomic mass is 35.5. The number of hydrogen-bond donors (Lipinski definition) is 1. The zero-order chi connectivity index (χ0) is 9.84. The minimum Gasteiger partial charge on any atom is -0.366 e. The van der Waals surface area contributed by atoms with Crippen LogP contribution in [0, 0.1) is 5.82 Å². The Morgan fingerprint density at radius 1 is 1.54 bits per heavy atom. The maximum Gasteiger partial charge on any atom is 0.248 e. The van der Waals surface area contributed by atoms with Crippen molar-refractivity contribution >= 4 is 17.5 Å². The van der Waals surface area contributed by atoms with Crippen molar-refractivity contribution in [3.63, 3.8) is 0 Å². The van der Waals surface area contributed by atoms with Gasteiger partial charge in [-0.1, -0.05) is 0 Å². The molecule has 0 aliphatic carbocycles. The van der Waals surface area contributed by atoms with E-state index in [1.165, 1.54) is 18.2 Å². The lowest BCUT2D eigenvalue weighted by molar-refractivity contribution is 0.0999. The predicted octanol–water partition coefficient (Wildman–Crippen LogP) is 1.71. The maximum atomic E-state index is 12.7. The van der Waals surface area contributed by atoms with Crippen LogP contribution in [0.25, 0.3) is 0 Å². The fourth-order valence-electron chi connectivity index (χ4n) is 1.11. The molecule has 1 aromatic rings. The molecule has 0 unspecified atom stereocenters. The van der Waals surface area contributed by atoms with Gasteiger partial charge in [0.1, 0.15) is 5.82 Å². The summed E-state index contributed by atoms with van der Waals surface area (Å²) >= 11 is 5.49. The number of primary amides is 1. The second-order valence-electron chi connectivity index (χ2n) is 2.60. The summed E-state index contributed by atoms with van der Waals surface area (Å²) in [5.74, 6) is -0.603. The normalized spacial score (nSPS) is 10.0. The van der Waals surface area contributed by atoms with Crippen LogP contribution in [0.3, 0.4) is 0 Å². The van der Waals surface area contributed by atoms with Crippen LogP contribution in [-0.4, -0.2) is 11.8 Å². The molecule has 1 rings (SSSR count). The molecule has 0 aromatic heterocycles. The molecule has 4 heteroatoms. The summed E-state index contributed by atoms with van der Waals surface area (Å²) in [6.45, 7) is 0. The molecule has 0 atom stereocenters. The van der Waals surface area contributed by atoms with Gasteiger partial charge < -0.3 is 5.73 Å². The number of nitrogens with two attached hydrogens (primary N) is 1. The predicted molar refractivity (Wildman–Crippen MR) is 49.3 cm³/mol. The summed E-state index contributed by atoms with van der Waals surface area (Å²) in [5.41, 5.74) is 5.98. The number of hydrogen-bond acceptors (Lipinski definition) is 1. The van der Waals surface area contributed by atoms with Crippen molar-refractivity contribution in [2.75, 3.05) is 5.88 Å². The van der Waals surface area contributed by atoms with Crippen LogP contribution in [0.1, 0.15) is 15.9 Å². The number of halogens is 2. The summed E-state index contributed by atoms with van der Waals surface area (Å²) in [6, 6.07) is 3.86. The molecular formula is C9H9ClFNO. The minimum atomic E-state index is -0.555. The molecule has 70 valence electrons. The third-order valence-corrected chi connectivity index (χ3v) is 1.89. The fourth-order valence-corrected chi connectivity index (χ4v) is 1.31. The van der Waals surface area contributed by atoms with Crippen LogP contribution >= 0.6 is 11.6 Å². The molecule has 0 fully saturated rings. The molecule has 1 aromatic carbocycles. The van der Waals surface area contributed by atoms with E-state index in [-0.39, 0.29) is 5.82 Å². The number of benzene rings is 1. The van der Waals surface area contributed by atoms with Gasteiger partial charge in [0, 0.05) is 11.4 Å². The van der Waals surface area contributed by atoms with Crippen molar-refractivity contribution in [3.8, 4) is 0 Å². The number of carbonyl (C=O) groups excluding carboxylic acids is 1. The Bertz CT molecular complexity index is 327. The first-order chi connectivity index (χ1) is 6.15. The van der Waals surface area contributed by atoms with Gasteiger partial charge in [-0.3, -0.25) is 4.79 Å². The Hall–Kier alpha value is -1.09. The van der Waals surface area contributed by atoms with Crippen LogP contribution in [0.4, 0.5) is 4.39 Å². The van der Waals surface area contributed by atoms with E-state index in [0.717, 1.165) is 0 Å². The first-order valence-electron chi connectivity index (χ1n) is 3.79. The van der Waals surface area contributed by atoms with Gasteiger partial charge >= 0.3 is 0 Å². The molecule has 0 saturated carbocycles. The summed E-state index contributed by atoms with van der Waals surface area (Å²) in [6.07, 6.45) is 0.442. The van der Waals surface area contributed by atoms with Crippen LogP contribution in [0.2, 0.25) is 0 Å². The Morgan fingerprint density at radius 2 is 2.23 bits per heavy atom. The second-order valence-corrected chi connectivity index (χ2v) is 2.98. The van der Waals surface area contributed by atoms with E-state index in [9.17, 15) is 9.18 Å². The van der Waals surface area contributed by atoms with Crippen LogP contribution in [0.5, 0.6) is 0 Å². The molecule has 0 heterocycles. The largest absolute Gasteiger partial charge is 0.366 e. The molecule has 13 heavy (non-hydrogen) atoms. The van der Waals surface area contributed by atoms with Gasteiger partial charge in [0.25, 0.3) is 0 Å². The lowest BCUT2D eigenvalue weighted by atomic mass is 10.0. The molecule has 0 bridgehead atoms. The van der Waals surface area contributed by atoms with Gasteiger partial charge in [-0.25, -0.2) is 4.39 Å². The quantitative estimate of drug-likeness (QED) is 0.744. The summed E-state index contributed by atoms with van der Waals surface area (Å²) < 4.78 is 12.7. The number of rotatable bonds is 3. The van der Waals surface area contributed by atoms with E-state index in [0.29, 0.717) is 23.4 Å². The van der Waals surface area contributed by atoms with Gasteiger partial charge in [-0.05, 0) is 30.2 Å². The average Bonchev–Trinajstić information content (AvgIpc) is 2.04. The number of alkyl halides is 1. The lowest BCUT2D eigenvalue weighted by Gasteiger charge is -2.04. The van der Waals surface area contributed by atoms with E-state index >= 15 is 0 Å². The number of carbonyl (C=O) groups is 1. The minimum absolute atomic E-state index is 0.335. The van der Waals surface area contributed by atoms with Gasteiger partial charge in [-0.15, -0.1) is 11.6 Å². The fraction of sp³-hybridized carbons (Fsp3) is 0.222. The Balaban J connectivity index is 3.10. The molecule has 0 saturated heterocycles. The molecule has 0 aliphatic rings. The monoisotopic (exact) mass is 201 g/mol. The summed E-state index contributed by atoms with van der Waals surface area (Å²) in [7, 11) is 0. The van der Waals surface area contributed by atoms with Crippen molar-refractivity contribution in [2.24, 2.45) is 5.73 Å². The molecule has 0 spiro atoms. The smallest absolute Gasteiger partial charge is 0.248 e. The van der Waals surface area contributed by atoms with Crippen molar-refractivity contribution in [1.29, 1.82) is 0 Å². The molecule has 0 radical (unpaired) electrons. The molecular weight excluding hydrogens is 193 g/mol. The summed E-state index contributed by atoms with van der Waals surface area (Å²) in [5, 5.41) is 0. The summed E-state index contributed by atoms with van der Waals surface area (Å²) in [4.78, 5) is 10.9. The van der Waals surface area contributed by atoms with Crippen LogP contribution in [0.15, 0.2) is 18.2 Å². The van der Waals surface area contributed by atoms with E-state index in [1.54, 1.807) is 0 Å². The van der Waals surface area contributed by atoms with Crippen molar-refractivity contribution in [1.82, 2.24) is 0 Å². The number of aryl methyl sites for hydroxylation is 1. The van der Waals surface area contributed by atoms with Crippen LogP contribution in [-0.2, 0) is 6.42 Å². The standard InChI is InChI=1S/C9H9ClFNO/c10-4-3-6-5-7(11)1-2-8(6)9(12)13/h1-2,5H,3-4H2,(H2,12,13). The van der Waals surface area contributed by atoms with Crippen molar-refractivity contribution in [3.05, 3.63) is 35.1 Å². The number of amides is 1. The highest BCUT2D eigenvalue weighted by Gasteiger charge is 2.08. The Morgan fingerprint density at radius 3 is 2.77 bits per heavy atom. The zero-order valence-corrected chi connectivity index (χ0v) is 7.64. The third-order valence-electron chi connectivity index (χ3n) is 1.70. The van der Waals surface area contributed by atoms with Gasteiger partial charge in [0.2, 0.25) is 5.91 Å². The molecule has 0 aliphatic heterocycles. The van der Waals surface area contributed by atoms with Crippen molar-refractivity contribution in [2.45, 2.75) is 6.42 Å². The molecule has 2 nitrogen and oxygen atoms in total. The van der Waals surface area contributed by atoms with Gasteiger partial charge in [0.15, 0.2) is 0 Å². The Kier molecular flexibility index (Phi) is 3.25. The van der Waals surface area contributed by atoms with Crippen molar-refractivity contribution < 1.29 is 9.18 Å². The van der Waals surface area contributed by atoms with E-state index in [1.807, 2.05) is 0 Å². The lowest BCUT2D eigenvalue weighted by Crippen LogP contribution is -2.14. The topological polar surface area (TPSA) is 43.1 Å². The van der Waals surface area contributed by atoms with Gasteiger partial charge in [0.05, 0.1) is 0 Å². The third kappa shape index (κ3) is 2.42. The molecule has 2 N–H and O–H groups in total. The van der Waals surface area contributed by atoms with E-state index < -0.39 is 5.91 Å². The Labute approximate surface area is 80.5 Å². The highest BCUT2D eigenvalue weighted by molar-refractivity contribution is 6.18. The maximum absolute atomic E-state index is 12.7. The average molecular weight is 202 g/mol. The van der Waals surface area contributed by atoms with E-state index in [4.69, 9.17) is 17.3 Å². The molecule has 1 amide bonds. The second kappa shape index (κ2) is 4.23. The van der Waals surface area contributed by atoms with Crippen LogP contribution < -0.4 is 5.73 Å². The first kappa shape index (κ1) is 9.99. The van der Waals surface area contributed by atoms with E-state index in [2.05, 4.69) is 0 Å². The highest BCUT2D eigenvalue weighted by Crippen LogP contribution is 2.12.